The van der Waals surface area contributed by atoms with Gasteiger partial charge in [-0.15, -0.1) is 0 Å². The Kier molecular flexibility index (Phi) is 6.20. The number of furan rings is 2. The number of ketones is 1. The fourth-order valence-electron chi connectivity index (χ4n) is 4.39. The number of amides is 1. The number of halogens is 1. The molecule has 1 amide bonds. The lowest BCUT2D eigenvalue weighted by Gasteiger charge is -2.26. The van der Waals surface area contributed by atoms with Gasteiger partial charge in [-0.3, -0.25) is 9.59 Å². The molecule has 0 aliphatic carbocycles. The Bertz CT molecular complexity index is 1490. The first-order valence-electron chi connectivity index (χ1n) is 11.2. The Morgan fingerprint density at radius 2 is 2.00 bits per heavy atom. The van der Waals surface area contributed by atoms with E-state index in [1.165, 1.54) is 24.3 Å². The molecular formula is C27H22ClNO7. The minimum atomic E-state index is -0.908. The molecule has 9 heteroatoms. The Labute approximate surface area is 211 Å². The van der Waals surface area contributed by atoms with E-state index in [2.05, 4.69) is 0 Å². The first-order chi connectivity index (χ1) is 17.4. The molecule has 1 unspecified atom stereocenters. The van der Waals surface area contributed by atoms with Gasteiger partial charge < -0.3 is 28.3 Å². The minimum Gasteiger partial charge on any atom is -0.503 e. The highest BCUT2D eigenvalue weighted by molar-refractivity contribution is 6.31. The third kappa shape index (κ3) is 4.09. The molecule has 8 nitrogen and oxygen atoms in total. The molecule has 0 spiro atoms. The average molecular weight is 508 g/mol. The van der Waals surface area contributed by atoms with Crippen LogP contribution in [0.25, 0.3) is 11.0 Å². The summed E-state index contributed by atoms with van der Waals surface area (Å²) in [5.41, 5.74) is 0.811. The van der Waals surface area contributed by atoms with Crippen LogP contribution in [0.4, 0.5) is 0 Å². The maximum absolute atomic E-state index is 13.8. The third-order valence-electron chi connectivity index (χ3n) is 5.93. The number of hydrogen-bond donors (Lipinski definition) is 1. The number of hydrogen-bond acceptors (Lipinski definition) is 7. The van der Waals surface area contributed by atoms with Crippen LogP contribution in [0.15, 0.2) is 81.0 Å². The molecular weight excluding hydrogens is 486 g/mol. The van der Waals surface area contributed by atoms with Gasteiger partial charge in [0.25, 0.3) is 5.91 Å². The van der Waals surface area contributed by atoms with E-state index in [-0.39, 0.29) is 17.9 Å². The van der Waals surface area contributed by atoms with Gasteiger partial charge in [0, 0.05) is 16.5 Å². The number of aliphatic hydroxyl groups excluding tert-OH is 1. The lowest BCUT2D eigenvalue weighted by Crippen LogP contribution is -2.30. The molecule has 1 aliphatic rings. The summed E-state index contributed by atoms with van der Waals surface area (Å²) in [6.45, 7) is 2.34. The van der Waals surface area contributed by atoms with Crippen molar-refractivity contribution in [1.29, 1.82) is 0 Å². The number of nitrogens with zero attached hydrogens (tertiary/aromatic N) is 1. The summed E-state index contributed by atoms with van der Waals surface area (Å²) in [6.07, 6.45) is 1.49. The molecule has 3 heterocycles. The van der Waals surface area contributed by atoms with Gasteiger partial charge >= 0.3 is 0 Å². The molecule has 0 bridgehead atoms. The number of carbonyl (C=O) groups excluding carboxylic acids is 2. The summed E-state index contributed by atoms with van der Waals surface area (Å²) in [6, 6.07) is 14.3. The second kappa shape index (κ2) is 9.47. The van der Waals surface area contributed by atoms with Crippen LogP contribution in [0, 0.1) is 0 Å². The van der Waals surface area contributed by atoms with Crippen LogP contribution in [0.1, 0.15) is 34.8 Å². The number of aliphatic hydroxyl groups is 1. The van der Waals surface area contributed by atoms with Crippen molar-refractivity contribution in [2.75, 3.05) is 13.7 Å². The highest BCUT2D eigenvalue weighted by Gasteiger charge is 2.45. The van der Waals surface area contributed by atoms with E-state index in [0.717, 1.165) is 0 Å². The quantitative estimate of drug-likeness (QED) is 0.298. The van der Waals surface area contributed by atoms with Crippen molar-refractivity contribution in [3.8, 4) is 11.5 Å². The van der Waals surface area contributed by atoms with Crippen molar-refractivity contribution in [3.05, 3.63) is 94.3 Å². The van der Waals surface area contributed by atoms with Crippen molar-refractivity contribution in [1.82, 2.24) is 4.90 Å². The highest BCUT2D eigenvalue weighted by atomic mass is 35.5. The number of methoxy groups -OCH3 is 1. The van der Waals surface area contributed by atoms with E-state index in [1.54, 1.807) is 48.5 Å². The highest BCUT2D eigenvalue weighted by Crippen LogP contribution is 2.42. The Morgan fingerprint density at radius 1 is 1.17 bits per heavy atom. The largest absolute Gasteiger partial charge is 0.503 e. The fraction of sp³-hybridized carbons (Fsp3) is 0.185. The van der Waals surface area contributed by atoms with Crippen LogP contribution in [0.5, 0.6) is 11.5 Å². The SMILES string of the molecule is CCOc1cccc(C2C(C(=O)c3cc4cc(Cl)cc(OC)c4o3)=C(O)C(=O)N2Cc2ccco2)c1. The summed E-state index contributed by atoms with van der Waals surface area (Å²) in [4.78, 5) is 28.4. The van der Waals surface area contributed by atoms with E-state index in [4.69, 9.17) is 29.9 Å². The van der Waals surface area contributed by atoms with E-state index in [1.807, 2.05) is 6.92 Å². The Morgan fingerprint density at radius 3 is 2.72 bits per heavy atom. The lowest BCUT2D eigenvalue weighted by atomic mass is 9.94. The summed E-state index contributed by atoms with van der Waals surface area (Å²) in [5, 5.41) is 11.9. The van der Waals surface area contributed by atoms with Gasteiger partial charge in [-0.05, 0) is 48.9 Å². The molecule has 1 N–H and O–H groups in total. The number of benzene rings is 2. The van der Waals surface area contributed by atoms with Gasteiger partial charge in [0.2, 0.25) is 5.78 Å². The first kappa shape index (κ1) is 23.6. The predicted octanol–water partition coefficient (Wildman–Crippen LogP) is 5.87. The second-order valence-corrected chi connectivity index (χ2v) is 8.59. The average Bonchev–Trinajstić information content (AvgIpc) is 3.59. The summed E-state index contributed by atoms with van der Waals surface area (Å²) in [5.74, 6) is -0.616. The fourth-order valence-corrected chi connectivity index (χ4v) is 4.61. The normalized spacial score (nSPS) is 15.7. The van der Waals surface area contributed by atoms with Gasteiger partial charge in [-0.25, -0.2) is 0 Å². The van der Waals surface area contributed by atoms with Crippen molar-refractivity contribution >= 4 is 34.3 Å². The monoisotopic (exact) mass is 507 g/mol. The van der Waals surface area contributed by atoms with Crippen LogP contribution in [-0.2, 0) is 11.3 Å². The van der Waals surface area contributed by atoms with Crippen LogP contribution >= 0.6 is 11.6 Å². The van der Waals surface area contributed by atoms with Crippen LogP contribution in [0.2, 0.25) is 5.02 Å². The van der Waals surface area contributed by atoms with Gasteiger partial charge in [-0.2, -0.15) is 0 Å². The number of ether oxygens (including phenoxy) is 2. The van der Waals surface area contributed by atoms with Gasteiger partial charge in [-0.1, -0.05) is 23.7 Å². The second-order valence-electron chi connectivity index (χ2n) is 8.15. The van der Waals surface area contributed by atoms with Crippen molar-refractivity contribution < 1.29 is 33.0 Å². The zero-order valence-corrected chi connectivity index (χ0v) is 20.2. The maximum atomic E-state index is 13.8. The molecule has 5 rings (SSSR count). The third-order valence-corrected chi connectivity index (χ3v) is 6.15. The summed E-state index contributed by atoms with van der Waals surface area (Å²) in [7, 11) is 1.47. The van der Waals surface area contributed by atoms with E-state index >= 15 is 0 Å². The summed E-state index contributed by atoms with van der Waals surface area (Å²) < 4.78 is 22.2. The smallest absolute Gasteiger partial charge is 0.290 e. The molecule has 0 saturated heterocycles. The van der Waals surface area contributed by atoms with E-state index in [0.29, 0.717) is 45.4 Å². The summed E-state index contributed by atoms with van der Waals surface area (Å²) >= 11 is 6.16. The Hall–Kier alpha value is -4.17. The number of Topliss-reactive ketones (excluding diaryl/α,β-unsaturated/α-hetero) is 1. The number of rotatable bonds is 8. The van der Waals surface area contributed by atoms with Crippen LogP contribution < -0.4 is 9.47 Å². The van der Waals surface area contributed by atoms with Crippen molar-refractivity contribution in [2.24, 2.45) is 0 Å². The van der Waals surface area contributed by atoms with Crippen LogP contribution in [-0.4, -0.2) is 35.4 Å². The molecule has 2 aromatic heterocycles. The number of fused-ring (bicyclic) bond motifs is 1. The molecule has 36 heavy (non-hydrogen) atoms. The zero-order chi connectivity index (χ0) is 25.4. The molecule has 0 fully saturated rings. The van der Waals surface area contributed by atoms with Crippen molar-refractivity contribution in [2.45, 2.75) is 19.5 Å². The standard InChI is InChI=1S/C27H22ClNO7/c1-3-34-18-7-4-6-15(11-18)23-22(25(31)27(32)29(23)14-19-8-5-9-35-19)24(30)20-12-16-10-17(28)13-21(33-2)26(16)36-20/h4-13,23,31H,3,14H2,1-2H3. The molecule has 184 valence electrons. The predicted molar refractivity (Wildman–Crippen MR) is 131 cm³/mol. The minimum absolute atomic E-state index is 0.0414. The van der Waals surface area contributed by atoms with Gasteiger partial charge in [0.15, 0.2) is 22.9 Å². The molecule has 1 aliphatic heterocycles. The van der Waals surface area contributed by atoms with Crippen LogP contribution in [0.3, 0.4) is 0 Å². The zero-order valence-electron chi connectivity index (χ0n) is 19.5. The maximum Gasteiger partial charge on any atom is 0.290 e. The molecule has 0 radical (unpaired) electrons. The molecule has 4 aromatic rings. The Balaban J connectivity index is 1.62. The van der Waals surface area contributed by atoms with E-state index < -0.39 is 23.5 Å². The molecule has 1 atom stereocenters. The van der Waals surface area contributed by atoms with Gasteiger partial charge in [0.05, 0.1) is 38.1 Å². The van der Waals surface area contributed by atoms with Gasteiger partial charge in [0.1, 0.15) is 11.5 Å². The number of carbonyl (C=O) groups is 2. The van der Waals surface area contributed by atoms with Crippen molar-refractivity contribution in [3.63, 3.8) is 0 Å². The molecule has 2 aromatic carbocycles. The first-order valence-corrected chi connectivity index (χ1v) is 11.6. The van der Waals surface area contributed by atoms with E-state index in [9.17, 15) is 14.7 Å². The molecule has 0 saturated carbocycles. The topological polar surface area (TPSA) is 102 Å². The lowest BCUT2D eigenvalue weighted by molar-refractivity contribution is -0.130.